The van der Waals surface area contributed by atoms with Gasteiger partial charge in [0.25, 0.3) is 0 Å². The molecule has 0 fully saturated rings. The molecule has 100 valence electrons. The summed E-state index contributed by atoms with van der Waals surface area (Å²) < 4.78 is 0. The van der Waals surface area contributed by atoms with Gasteiger partial charge in [-0.1, -0.05) is 0 Å². The second kappa shape index (κ2) is 6.83. The largest absolute Gasteiger partial charge is 0.359 e. The normalized spacial score (nSPS) is 17.6. The molecule has 0 aromatic rings. The lowest BCUT2D eigenvalue weighted by atomic mass is 10.5. The number of aliphatic imine (C=N–C) groups is 2. The minimum absolute atomic E-state index is 0.109. The van der Waals surface area contributed by atoms with Crippen molar-refractivity contribution in [3.8, 4) is 0 Å². The third kappa shape index (κ3) is 4.23. The first-order valence-electron chi connectivity index (χ1n) is 6.34. The van der Waals surface area contributed by atoms with Crippen LogP contribution >= 0.6 is 0 Å². The lowest BCUT2D eigenvalue weighted by Gasteiger charge is -2.16. The number of carbonyl (C=O) groups is 1. The summed E-state index contributed by atoms with van der Waals surface area (Å²) in [5.74, 6) is 0. The van der Waals surface area contributed by atoms with E-state index < -0.39 is 0 Å². The van der Waals surface area contributed by atoms with Gasteiger partial charge in [0.1, 0.15) is 0 Å². The Morgan fingerprint density at radius 3 is 1.89 bits per heavy atom. The molecule has 0 atom stereocenters. The Morgan fingerprint density at radius 2 is 1.50 bits per heavy atom. The van der Waals surface area contributed by atoms with Gasteiger partial charge in [-0.05, 0) is 0 Å². The first kappa shape index (κ1) is 12.7. The van der Waals surface area contributed by atoms with E-state index in [9.17, 15) is 4.79 Å². The van der Waals surface area contributed by atoms with Crippen LogP contribution in [0.15, 0.2) is 9.98 Å². The van der Waals surface area contributed by atoms with Crippen molar-refractivity contribution in [1.82, 2.24) is 20.4 Å². The maximum Gasteiger partial charge on any atom is 0.314 e. The van der Waals surface area contributed by atoms with Gasteiger partial charge in [-0.2, -0.15) is 0 Å². The maximum absolute atomic E-state index is 11.5. The van der Waals surface area contributed by atoms with E-state index in [0.717, 1.165) is 39.3 Å². The predicted molar refractivity (Wildman–Crippen MR) is 71.3 cm³/mol. The quantitative estimate of drug-likeness (QED) is 0.635. The van der Waals surface area contributed by atoms with Gasteiger partial charge < -0.3 is 20.4 Å². The summed E-state index contributed by atoms with van der Waals surface area (Å²) in [6.45, 7) is 6.56. The first-order valence-corrected chi connectivity index (χ1v) is 6.34. The van der Waals surface area contributed by atoms with Gasteiger partial charge in [-0.15, -0.1) is 0 Å². The number of nitrogens with one attached hydrogen (secondary N) is 2. The Balaban J connectivity index is 1.46. The topological polar surface area (TPSA) is 72.3 Å². The molecule has 0 aliphatic carbocycles. The van der Waals surface area contributed by atoms with Crippen molar-refractivity contribution in [3.05, 3.63) is 0 Å². The lowest BCUT2D eigenvalue weighted by Crippen LogP contribution is -2.42. The van der Waals surface area contributed by atoms with Crippen molar-refractivity contribution in [1.29, 1.82) is 0 Å². The molecule has 0 aromatic carbocycles. The summed E-state index contributed by atoms with van der Waals surface area (Å²) in [7, 11) is 0. The van der Waals surface area contributed by atoms with E-state index >= 15 is 0 Å². The van der Waals surface area contributed by atoms with Crippen molar-refractivity contribution in [2.75, 3.05) is 52.4 Å². The minimum atomic E-state index is -0.109. The van der Waals surface area contributed by atoms with E-state index in [1.165, 1.54) is 0 Å². The first-order chi connectivity index (χ1) is 8.84. The number of carbonyl (C=O) groups excluding carboxylic acids is 1. The molecule has 0 saturated carbocycles. The lowest BCUT2D eigenvalue weighted by molar-refractivity contribution is 0.239. The Kier molecular flexibility index (Phi) is 4.80. The van der Waals surface area contributed by atoms with Gasteiger partial charge in [-0.25, -0.2) is 4.79 Å². The summed E-state index contributed by atoms with van der Waals surface area (Å²) in [6.07, 6.45) is 3.68. The number of hydrogen-bond acceptors (Lipinski definition) is 5. The fraction of sp³-hybridized carbons (Fsp3) is 0.727. The molecule has 7 nitrogen and oxygen atoms in total. The summed E-state index contributed by atoms with van der Waals surface area (Å²) >= 11 is 0. The van der Waals surface area contributed by atoms with Crippen LogP contribution in [0.5, 0.6) is 0 Å². The highest BCUT2D eigenvalue weighted by molar-refractivity contribution is 5.73. The second-order valence-electron chi connectivity index (χ2n) is 4.30. The highest BCUT2D eigenvalue weighted by Gasteiger charge is 2.07. The zero-order chi connectivity index (χ0) is 12.6. The van der Waals surface area contributed by atoms with E-state index in [1.807, 2.05) is 12.7 Å². The molecular formula is C11H20N6O. The van der Waals surface area contributed by atoms with Crippen LogP contribution in [0.4, 0.5) is 4.79 Å². The van der Waals surface area contributed by atoms with Crippen molar-refractivity contribution in [2.24, 2.45) is 9.98 Å². The van der Waals surface area contributed by atoms with E-state index in [1.54, 1.807) is 0 Å². The van der Waals surface area contributed by atoms with Crippen molar-refractivity contribution < 1.29 is 4.79 Å². The molecule has 2 rings (SSSR count). The standard InChI is InChI=1S/C11H20N6O/c18-11(14-3-7-16-5-1-12-9-16)15-4-8-17-6-2-13-10-17/h9-10H,1-8H2,(H2,14,15,18). The van der Waals surface area contributed by atoms with Gasteiger partial charge in [-0.3, -0.25) is 9.98 Å². The minimum Gasteiger partial charge on any atom is -0.359 e. The Bertz CT molecular complexity index is 299. The molecule has 0 aromatic heterocycles. The van der Waals surface area contributed by atoms with Crippen LogP contribution in [0, 0.1) is 0 Å². The molecule has 2 aliphatic rings. The van der Waals surface area contributed by atoms with Crippen LogP contribution in [0.3, 0.4) is 0 Å². The Labute approximate surface area is 107 Å². The van der Waals surface area contributed by atoms with Gasteiger partial charge in [0, 0.05) is 39.3 Å². The molecular weight excluding hydrogens is 232 g/mol. The molecule has 2 N–H and O–H groups in total. The highest BCUT2D eigenvalue weighted by Crippen LogP contribution is 1.91. The third-order valence-electron chi connectivity index (χ3n) is 2.89. The summed E-state index contributed by atoms with van der Waals surface area (Å²) in [6, 6.07) is -0.109. The fourth-order valence-corrected chi connectivity index (χ4v) is 1.86. The average Bonchev–Trinajstić information content (AvgIpc) is 3.01. The summed E-state index contributed by atoms with van der Waals surface area (Å²) in [5.41, 5.74) is 0. The average molecular weight is 252 g/mol. The maximum atomic E-state index is 11.5. The van der Waals surface area contributed by atoms with Crippen LogP contribution in [0.2, 0.25) is 0 Å². The van der Waals surface area contributed by atoms with E-state index in [0.29, 0.717) is 13.1 Å². The van der Waals surface area contributed by atoms with Crippen LogP contribution in [0.1, 0.15) is 0 Å². The summed E-state index contributed by atoms with van der Waals surface area (Å²) in [4.78, 5) is 23.9. The van der Waals surface area contributed by atoms with Gasteiger partial charge in [0.05, 0.1) is 25.8 Å². The number of urea groups is 1. The van der Waals surface area contributed by atoms with E-state index in [4.69, 9.17) is 0 Å². The number of rotatable bonds is 6. The SMILES string of the molecule is O=C(NCCN1C=NCC1)NCCN1C=NCC1. The van der Waals surface area contributed by atoms with Crippen molar-refractivity contribution in [3.63, 3.8) is 0 Å². The van der Waals surface area contributed by atoms with Crippen molar-refractivity contribution in [2.45, 2.75) is 0 Å². The zero-order valence-electron chi connectivity index (χ0n) is 10.5. The van der Waals surface area contributed by atoms with Gasteiger partial charge in [0.15, 0.2) is 0 Å². The molecule has 0 unspecified atom stereocenters. The molecule has 0 radical (unpaired) electrons. The number of nitrogens with zero attached hydrogens (tertiary/aromatic N) is 4. The smallest absolute Gasteiger partial charge is 0.314 e. The zero-order valence-corrected chi connectivity index (χ0v) is 10.5. The van der Waals surface area contributed by atoms with Gasteiger partial charge >= 0.3 is 6.03 Å². The third-order valence-corrected chi connectivity index (χ3v) is 2.89. The predicted octanol–water partition coefficient (Wildman–Crippen LogP) is -1.03. The molecule has 2 heterocycles. The van der Waals surface area contributed by atoms with Crippen LogP contribution < -0.4 is 10.6 Å². The molecule has 18 heavy (non-hydrogen) atoms. The van der Waals surface area contributed by atoms with Gasteiger partial charge in [0.2, 0.25) is 0 Å². The summed E-state index contributed by atoms with van der Waals surface area (Å²) in [5, 5.41) is 5.66. The van der Waals surface area contributed by atoms with E-state index in [-0.39, 0.29) is 6.03 Å². The molecule has 7 heteroatoms. The number of amides is 2. The fourth-order valence-electron chi connectivity index (χ4n) is 1.86. The molecule has 0 saturated heterocycles. The number of hydrogen-bond donors (Lipinski definition) is 2. The Hall–Kier alpha value is -1.79. The van der Waals surface area contributed by atoms with Crippen LogP contribution in [-0.4, -0.2) is 80.9 Å². The van der Waals surface area contributed by atoms with E-state index in [2.05, 4.69) is 30.4 Å². The van der Waals surface area contributed by atoms with Crippen LogP contribution in [-0.2, 0) is 0 Å². The molecule has 2 amide bonds. The Morgan fingerprint density at radius 1 is 1.00 bits per heavy atom. The van der Waals surface area contributed by atoms with Crippen molar-refractivity contribution >= 4 is 18.7 Å². The highest BCUT2D eigenvalue weighted by atomic mass is 16.2. The molecule has 0 spiro atoms. The molecule has 0 bridgehead atoms. The molecule has 2 aliphatic heterocycles. The van der Waals surface area contributed by atoms with Crippen LogP contribution in [0.25, 0.3) is 0 Å². The second-order valence-corrected chi connectivity index (χ2v) is 4.30. The monoisotopic (exact) mass is 252 g/mol.